The van der Waals surface area contributed by atoms with E-state index < -0.39 is 11.9 Å². The largest absolute Gasteiger partial charge is 0.462 e. The van der Waals surface area contributed by atoms with Gasteiger partial charge in [0.25, 0.3) is 0 Å². The average Bonchev–Trinajstić information content (AvgIpc) is 2.67. The van der Waals surface area contributed by atoms with Crippen LogP contribution in [0.25, 0.3) is 0 Å². The number of ether oxygens (including phenoxy) is 2. The first-order chi connectivity index (χ1) is 12.1. The van der Waals surface area contributed by atoms with Gasteiger partial charge in [0, 0.05) is 17.5 Å². The molecule has 0 amide bonds. The molecule has 0 bridgehead atoms. The molecule has 128 valence electrons. The van der Waals surface area contributed by atoms with Crippen molar-refractivity contribution in [2.24, 2.45) is 0 Å². The molecule has 2 aromatic rings. The third-order valence-electron chi connectivity index (χ3n) is 3.32. The lowest BCUT2D eigenvalue weighted by atomic mass is 10.1. The standard InChI is InChI=1S/C19H16O6/c20-12-14-2-6-16(7-3-14)18(22)24-10-1-11-25-19(23)17-8-4-15(13-21)5-9-17/h2-9,12-13H,1,10-11H2. The molecular formula is C19H16O6. The minimum absolute atomic E-state index is 0.103. The molecule has 0 fully saturated rings. The molecule has 0 aliphatic carbocycles. The summed E-state index contributed by atoms with van der Waals surface area (Å²) in [5, 5.41) is 0. The highest BCUT2D eigenvalue weighted by Crippen LogP contribution is 2.06. The van der Waals surface area contributed by atoms with Gasteiger partial charge in [0.15, 0.2) is 0 Å². The van der Waals surface area contributed by atoms with Gasteiger partial charge in [-0.05, 0) is 24.3 Å². The summed E-state index contributed by atoms with van der Waals surface area (Å²) in [6.45, 7) is 0.206. The molecule has 6 nitrogen and oxygen atoms in total. The van der Waals surface area contributed by atoms with Gasteiger partial charge in [-0.2, -0.15) is 0 Å². The van der Waals surface area contributed by atoms with Gasteiger partial charge in [-0.1, -0.05) is 24.3 Å². The minimum Gasteiger partial charge on any atom is -0.462 e. The van der Waals surface area contributed by atoms with Gasteiger partial charge in [0.05, 0.1) is 24.3 Å². The van der Waals surface area contributed by atoms with E-state index in [-0.39, 0.29) is 13.2 Å². The van der Waals surface area contributed by atoms with Crippen LogP contribution >= 0.6 is 0 Å². The van der Waals surface area contributed by atoms with Crippen LogP contribution in [0.2, 0.25) is 0 Å². The molecule has 0 aromatic heterocycles. The molecule has 0 saturated heterocycles. The van der Waals surface area contributed by atoms with E-state index in [1.54, 1.807) is 0 Å². The Balaban J connectivity index is 1.69. The lowest BCUT2D eigenvalue weighted by molar-refractivity contribution is 0.0395. The Labute approximate surface area is 144 Å². The third kappa shape index (κ3) is 5.39. The second kappa shape index (κ2) is 9.12. The molecule has 0 N–H and O–H groups in total. The summed E-state index contributed by atoms with van der Waals surface area (Å²) < 4.78 is 10.1. The molecule has 0 radical (unpaired) electrons. The number of rotatable bonds is 8. The van der Waals surface area contributed by atoms with Crippen molar-refractivity contribution in [2.45, 2.75) is 6.42 Å². The SMILES string of the molecule is O=Cc1ccc(C(=O)OCCCOC(=O)c2ccc(C=O)cc2)cc1. The highest BCUT2D eigenvalue weighted by atomic mass is 16.5. The first-order valence-electron chi connectivity index (χ1n) is 7.59. The molecule has 0 spiro atoms. The molecular weight excluding hydrogens is 324 g/mol. The predicted octanol–water partition coefficient (Wildman–Crippen LogP) is 2.72. The smallest absolute Gasteiger partial charge is 0.338 e. The van der Waals surface area contributed by atoms with Crippen LogP contribution in [0.5, 0.6) is 0 Å². The maximum absolute atomic E-state index is 11.8. The number of benzene rings is 2. The van der Waals surface area contributed by atoms with Gasteiger partial charge in [-0.25, -0.2) is 9.59 Å². The van der Waals surface area contributed by atoms with Gasteiger partial charge >= 0.3 is 11.9 Å². The van der Waals surface area contributed by atoms with Crippen LogP contribution in [0.3, 0.4) is 0 Å². The van der Waals surface area contributed by atoms with Gasteiger partial charge in [0.1, 0.15) is 12.6 Å². The Morgan fingerprint density at radius 3 is 1.36 bits per heavy atom. The van der Waals surface area contributed by atoms with Crippen LogP contribution in [0.1, 0.15) is 47.9 Å². The monoisotopic (exact) mass is 340 g/mol. The normalized spacial score (nSPS) is 9.92. The van der Waals surface area contributed by atoms with Crippen molar-refractivity contribution in [2.75, 3.05) is 13.2 Å². The van der Waals surface area contributed by atoms with Gasteiger partial charge in [0.2, 0.25) is 0 Å². The van der Waals surface area contributed by atoms with E-state index in [4.69, 9.17) is 9.47 Å². The van der Waals surface area contributed by atoms with Gasteiger partial charge in [-0.3, -0.25) is 9.59 Å². The Bertz CT molecular complexity index is 681. The van der Waals surface area contributed by atoms with E-state index in [0.29, 0.717) is 41.2 Å². The summed E-state index contributed by atoms with van der Waals surface area (Å²) in [5.41, 5.74) is 1.64. The van der Waals surface area contributed by atoms with Crippen LogP contribution in [0, 0.1) is 0 Å². The number of carbonyl (C=O) groups is 4. The topological polar surface area (TPSA) is 86.7 Å². The van der Waals surface area contributed by atoms with E-state index in [9.17, 15) is 19.2 Å². The molecule has 0 atom stereocenters. The number of carbonyl (C=O) groups excluding carboxylic acids is 4. The van der Waals surface area contributed by atoms with E-state index in [1.165, 1.54) is 48.5 Å². The second-order valence-corrected chi connectivity index (χ2v) is 5.11. The summed E-state index contributed by atoms with van der Waals surface area (Å²) in [6, 6.07) is 12.2. The molecule has 0 heterocycles. The Morgan fingerprint density at radius 2 is 1.04 bits per heavy atom. The summed E-state index contributed by atoms with van der Waals surface area (Å²) >= 11 is 0. The van der Waals surface area contributed by atoms with Crippen LogP contribution in [-0.4, -0.2) is 37.7 Å². The number of hydrogen-bond donors (Lipinski definition) is 0. The zero-order valence-corrected chi connectivity index (χ0v) is 13.3. The predicted molar refractivity (Wildman–Crippen MR) is 88.8 cm³/mol. The molecule has 2 rings (SSSR count). The third-order valence-corrected chi connectivity index (χ3v) is 3.32. The van der Waals surface area contributed by atoms with Crippen molar-refractivity contribution in [3.63, 3.8) is 0 Å². The van der Waals surface area contributed by atoms with Gasteiger partial charge in [-0.15, -0.1) is 0 Å². The number of aldehydes is 2. The zero-order chi connectivity index (χ0) is 18.1. The lowest BCUT2D eigenvalue weighted by Gasteiger charge is -2.06. The maximum Gasteiger partial charge on any atom is 0.338 e. The van der Waals surface area contributed by atoms with Crippen molar-refractivity contribution in [3.8, 4) is 0 Å². The molecule has 6 heteroatoms. The van der Waals surface area contributed by atoms with Crippen molar-refractivity contribution in [1.82, 2.24) is 0 Å². The zero-order valence-electron chi connectivity index (χ0n) is 13.3. The fourth-order valence-electron chi connectivity index (χ4n) is 1.95. The summed E-state index contributed by atoms with van der Waals surface area (Å²) in [5.74, 6) is -1.01. The van der Waals surface area contributed by atoms with E-state index >= 15 is 0 Å². The molecule has 0 unspecified atom stereocenters. The Kier molecular flexibility index (Phi) is 6.59. The maximum atomic E-state index is 11.8. The van der Waals surface area contributed by atoms with E-state index in [2.05, 4.69) is 0 Å². The van der Waals surface area contributed by atoms with E-state index in [0.717, 1.165) is 0 Å². The minimum atomic E-state index is -0.506. The first-order valence-corrected chi connectivity index (χ1v) is 7.59. The van der Waals surface area contributed by atoms with Crippen LogP contribution < -0.4 is 0 Å². The molecule has 25 heavy (non-hydrogen) atoms. The van der Waals surface area contributed by atoms with E-state index in [1.807, 2.05) is 0 Å². The van der Waals surface area contributed by atoms with Crippen molar-refractivity contribution < 1.29 is 28.7 Å². The van der Waals surface area contributed by atoms with Crippen molar-refractivity contribution in [1.29, 1.82) is 0 Å². The fraction of sp³-hybridized carbons (Fsp3) is 0.158. The molecule has 0 saturated carbocycles. The van der Waals surface area contributed by atoms with Gasteiger partial charge < -0.3 is 9.47 Å². The number of hydrogen-bond acceptors (Lipinski definition) is 6. The lowest BCUT2D eigenvalue weighted by Crippen LogP contribution is -2.11. The van der Waals surface area contributed by atoms with Crippen LogP contribution in [0.4, 0.5) is 0 Å². The first kappa shape index (κ1) is 18.1. The summed E-state index contributed by atoms with van der Waals surface area (Å²) in [6.07, 6.45) is 1.74. The summed E-state index contributed by atoms with van der Waals surface area (Å²) in [4.78, 5) is 44.6. The molecule has 0 aliphatic heterocycles. The molecule has 0 aliphatic rings. The summed E-state index contributed by atoms with van der Waals surface area (Å²) in [7, 11) is 0. The highest BCUT2D eigenvalue weighted by Gasteiger charge is 2.09. The number of esters is 2. The quantitative estimate of drug-likeness (QED) is 0.417. The van der Waals surface area contributed by atoms with Crippen LogP contribution in [-0.2, 0) is 9.47 Å². The fourth-order valence-corrected chi connectivity index (χ4v) is 1.95. The Morgan fingerprint density at radius 1 is 0.680 bits per heavy atom. The molecule has 2 aromatic carbocycles. The Hall–Kier alpha value is -3.28. The van der Waals surface area contributed by atoms with Crippen LogP contribution in [0.15, 0.2) is 48.5 Å². The van der Waals surface area contributed by atoms with Crippen molar-refractivity contribution >= 4 is 24.5 Å². The highest BCUT2D eigenvalue weighted by molar-refractivity contribution is 5.91. The average molecular weight is 340 g/mol. The second-order valence-electron chi connectivity index (χ2n) is 5.11. The van der Waals surface area contributed by atoms with Crippen molar-refractivity contribution in [3.05, 3.63) is 70.8 Å².